The molecule has 3 heterocycles. The first-order valence-corrected chi connectivity index (χ1v) is 6.66. The predicted molar refractivity (Wildman–Crippen MR) is 70.7 cm³/mol. The van der Waals surface area contributed by atoms with Gasteiger partial charge in [0.05, 0.1) is 11.4 Å². The highest BCUT2D eigenvalue weighted by Crippen LogP contribution is 2.24. The zero-order valence-corrected chi connectivity index (χ0v) is 10.6. The van der Waals surface area contributed by atoms with E-state index in [4.69, 9.17) is 5.73 Å². The van der Waals surface area contributed by atoms with Crippen LogP contribution in [-0.2, 0) is 6.54 Å². The Kier molecular flexibility index (Phi) is 2.77. The van der Waals surface area contributed by atoms with E-state index < -0.39 is 0 Å². The van der Waals surface area contributed by atoms with Crippen LogP contribution in [0.2, 0.25) is 0 Å². The quantitative estimate of drug-likeness (QED) is 0.548. The maximum atomic E-state index is 5.70. The summed E-state index contributed by atoms with van der Waals surface area (Å²) < 4.78 is 1.93. The first-order valence-electron chi connectivity index (χ1n) is 5.44. The molecule has 0 spiro atoms. The van der Waals surface area contributed by atoms with Crippen molar-refractivity contribution >= 4 is 22.9 Å². The summed E-state index contributed by atoms with van der Waals surface area (Å²) in [5.74, 6) is 0. The van der Waals surface area contributed by atoms with E-state index in [2.05, 4.69) is 19.9 Å². The number of nitrogens with two attached hydrogens (primary N) is 1. The molecule has 0 saturated carbocycles. The number of nitrogens with one attached hydrogen (secondary N) is 1. The van der Waals surface area contributed by atoms with Gasteiger partial charge in [-0.1, -0.05) is 0 Å². The molecule has 0 aliphatic heterocycles. The summed E-state index contributed by atoms with van der Waals surface area (Å²) >= 11 is 1.56. The van der Waals surface area contributed by atoms with Crippen LogP contribution >= 0.6 is 11.8 Å². The zero-order chi connectivity index (χ0) is 12.5. The van der Waals surface area contributed by atoms with E-state index in [0.717, 1.165) is 27.6 Å². The number of H-pyrrole nitrogens is 1. The van der Waals surface area contributed by atoms with Crippen LogP contribution in [0.25, 0.3) is 16.9 Å². The molecule has 3 aromatic rings. The van der Waals surface area contributed by atoms with Gasteiger partial charge in [-0.15, -0.1) is 11.8 Å². The molecule has 0 saturated heterocycles. The minimum absolute atomic E-state index is 0.447. The lowest BCUT2D eigenvalue weighted by molar-refractivity contribution is 0.960. The van der Waals surface area contributed by atoms with Crippen molar-refractivity contribution in [3.05, 3.63) is 30.6 Å². The summed E-state index contributed by atoms with van der Waals surface area (Å²) in [4.78, 5) is 16.0. The Hall–Kier alpha value is -1.86. The summed E-state index contributed by atoms with van der Waals surface area (Å²) in [6.45, 7) is 0.447. The summed E-state index contributed by atoms with van der Waals surface area (Å²) in [6.07, 6.45) is 7.14. The second-order valence-electron chi connectivity index (χ2n) is 3.72. The van der Waals surface area contributed by atoms with Crippen LogP contribution in [0.1, 0.15) is 5.69 Å². The third-order valence-corrected chi connectivity index (χ3v) is 3.45. The van der Waals surface area contributed by atoms with Crippen LogP contribution in [-0.4, -0.2) is 30.8 Å². The van der Waals surface area contributed by atoms with Crippen molar-refractivity contribution in [1.82, 2.24) is 24.5 Å². The molecule has 0 aliphatic carbocycles. The van der Waals surface area contributed by atoms with Crippen molar-refractivity contribution in [3.8, 4) is 5.69 Å². The molecule has 3 N–H and O–H groups in total. The van der Waals surface area contributed by atoms with Crippen LogP contribution in [0.3, 0.4) is 0 Å². The van der Waals surface area contributed by atoms with Crippen molar-refractivity contribution in [2.24, 2.45) is 5.73 Å². The van der Waals surface area contributed by atoms with Gasteiger partial charge < -0.3 is 10.7 Å². The van der Waals surface area contributed by atoms with Crippen LogP contribution in [0.4, 0.5) is 0 Å². The fourth-order valence-corrected chi connectivity index (χ4v) is 2.41. The second-order valence-corrected chi connectivity index (χ2v) is 4.51. The molecule has 0 bridgehead atoms. The highest BCUT2D eigenvalue weighted by atomic mass is 32.2. The van der Waals surface area contributed by atoms with Crippen molar-refractivity contribution in [2.75, 3.05) is 6.26 Å². The Balaban J connectivity index is 2.25. The van der Waals surface area contributed by atoms with Gasteiger partial charge in [0.2, 0.25) is 0 Å². The van der Waals surface area contributed by atoms with E-state index in [1.165, 1.54) is 0 Å². The minimum atomic E-state index is 0.447. The zero-order valence-electron chi connectivity index (χ0n) is 9.79. The second kappa shape index (κ2) is 4.43. The lowest BCUT2D eigenvalue weighted by atomic mass is 10.3. The van der Waals surface area contributed by atoms with Gasteiger partial charge >= 0.3 is 0 Å². The smallest absolute Gasteiger partial charge is 0.169 e. The van der Waals surface area contributed by atoms with E-state index in [1.807, 2.05) is 23.1 Å². The largest absolute Gasteiger partial charge is 0.362 e. The number of hydrogen-bond acceptors (Lipinski definition) is 5. The molecule has 0 atom stereocenters. The molecule has 0 unspecified atom stereocenters. The van der Waals surface area contributed by atoms with Crippen molar-refractivity contribution in [3.63, 3.8) is 0 Å². The molecule has 0 aromatic carbocycles. The van der Waals surface area contributed by atoms with Crippen LogP contribution in [0.5, 0.6) is 0 Å². The number of rotatable bonds is 3. The van der Waals surface area contributed by atoms with E-state index in [1.54, 1.807) is 24.4 Å². The topological polar surface area (TPSA) is 85.4 Å². The standard InChI is InChI=1S/C11H12N6S/c1-18-11-9-10(14-5-15-11)17(6-16-9)8-2-3-13-7(8)4-12/h2-3,5-6,13H,4,12H2,1H3. The van der Waals surface area contributed by atoms with Gasteiger partial charge in [0, 0.05) is 12.7 Å². The molecule has 0 amide bonds. The van der Waals surface area contributed by atoms with E-state index in [-0.39, 0.29) is 0 Å². The van der Waals surface area contributed by atoms with Gasteiger partial charge in [-0.05, 0) is 12.3 Å². The van der Waals surface area contributed by atoms with Gasteiger partial charge in [0.15, 0.2) is 5.65 Å². The SMILES string of the molecule is CSc1ncnc2c1ncn2-c1cc[nH]c1CN. The summed E-state index contributed by atoms with van der Waals surface area (Å²) in [5, 5.41) is 0.878. The fourth-order valence-electron chi connectivity index (χ4n) is 1.92. The lowest BCUT2D eigenvalue weighted by Crippen LogP contribution is -2.03. The Morgan fingerprint density at radius 3 is 3.06 bits per heavy atom. The van der Waals surface area contributed by atoms with E-state index in [9.17, 15) is 0 Å². The molecule has 3 rings (SSSR count). The maximum absolute atomic E-state index is 5.70. The van der Waals surface area contributed by atoms with Gasteiger partial charge in [-0.3, -0.25) is 4.57 Å². The Bertz CT molecular complexity index is 686. The molecule has 3 aromatic heterocycles. The first-order chi connectivity index (χ1) is 8.85. The van der Waals surface area contributed by atoms with Gasteiger partial charge in [-0.25, -0.2) is 15.0 Å². The monoisotopic (exact) mass is 260 g/mol. The van der Waals surface area contributed by atoms with Crippen molar-refractivity contribution in [2.45, 2.75) is 11.6 Å². The third-order valence-electron chi connectivity index (χ3n) is 2.76. The number of nitrogens with zero attached hydrogens (tertiary/aromatic N) is 4. The molecule has 0 aliphatic rings. The number of aromatic amines is 1. The molecule has 0 radical (unpaired) electrons. The molecular formula is C11H12N6S. The van der Waals surface area contributed by atoms with Gasteiger partial charge in [-0.2, -0.15) is 0 Å². The minimum Gasteiger partial charge on any atom is -0.362 e. The van der Waals surface area contributed by atoms with Crippen LogP contribution in [0, 0.1) is 0 Å². The maximum Gasteiger partial charge on any atom is 0.169 e. The highest BCUT2D eigenvalue weighted by molar-refractivity contribution is 7.98. The Morgan fingerprint density at radius 2 is 2.28 bits per heavy atom. The molecular weight excluding hydrogens is 248 g/mol. The Labute approximate surface area is 108 Å². The highest BCUT2D eigenvalue weighted by Gasteiger charge is 2.12. The van der Waals surface area contributed by atoms with Crippen molar-refractivity contribution in [1.29, 1.82) is 0 Å². The summed E-state index contributed by atoms with van der Waals surface area (Å²) in [5.41, 5.74) is 9.24. The molecule has 18 heavy (non-hydrogen) atoms. The molecule has 7 heteroatoms. The fraction of sp³-hybridized carbons (Fsp3) is 0.182. The number of thioether (sulfide) groups is 1. The number of imidazole rings is 1. The lowest BCUT2D eigenvalue weighted by Gasteiger charge is -2.04. The molecule has 6 nitrogen and oxygen atoms in total. The summed E-state index contributed by atoms with van der Waals surface area (Å²) in [7, 11) is 0. The van der Waals surface area contributed by atoms with Crippen LogP contribution < -0.4 is 5.73 Å². The number of hydrogen-bond donors (Lipinski definition) is 2. The average molecular weight is 260 g/mol. The average Bonchev–Trinajstić information content (AvgIpc) is 3.03. The van der Waals surface area contributed by atoms with Gasteiger partial charge in [0.1, 0.15) is 23.2 Å². The molecule has 0 fully saturated rings. The predicted octanol–water partition coefficient (Wildman–Crippen LogP) is 1.32. The van der Waals surface area contributed by atoms with E-state index in [0.29, 0.717) is 6.54 Å². The summed E-state index contributed by atoms with van der Waals surface area (Å²) in [6, 6.07) is 1.96. The molecule has 92 valence electrons. The van der Waals surface area contributed by atoms with Crippen LogP contribution in [0.15, 0.2) is 29.9 Å². The first kappa shape index (κ1) is 11.2. The van der Waals surface area contributed by atoms with E-state index >= 15 is 0 Å². The number of aromatic nitrogens is 5. The third kappa shape index (κ3) is 1.59. The Morgan fingerprint density at radius 1 is 1.39 bits per heavy atom. The van der Waals surface area contributed by atoms with Crippen molar-refractivity contribution < 1.29 is 0 Å². The van der Waals surface area contributed by atoms with Gasteiger partial charge in [0.25, 0.3) is 0 Å². The number of fused-ring (bicyclic) bond motifs is 1. The normalized spacial score (nSPS) is 11.2.